The van der Waals surface area contributed by atoms with Crippen LogP contribution in [0.1, 0.15) is 16.3 Å². The number of rotatable bonds is 2. The van der Waals surface area contributed by atoms with Crippen molar-refractivity contribution in [3.05, 3.63) is 35.9 Å². The van der Waals surface area contributed by atoms with E-state index in [1.807, 2.05) is 18.2 Å². The van der Waals surface area contributed by atoms with E-state index in [0.29, 0.717) is 30.5 Å². The smallest absolute Gasteiger partial charge is 0.356 e. The molecule has 0 unspecified atom stereocenters. The largest absolute Gasteiger partial charge is 0.486 e. The normalized spacial score (nSPS) is 13.3. The molecule has 0 saturated heterocycles. The molecule has 6 nitrogen and oxygen atoms in total. The second kappa shape index (κ2) is 4.31. The lowest BCUT2D eigenvalue weighted by molar-refractivity contribution is 0.0691. The van der Waals surface area contributed by atoms with Gasteiger partial charge in [-0.25, -0.2) is 9.78 Å². The molecule has 98 valence electrons. The lowest BCUT2D eigenvalue weighted by Crippen LogP contribution is -2.15. The predicted octanol–water partition coefficient (Wildman–Crippen LogP) is 1.65. The molecule has 0 saturated carbocycles. The van der Waals surface area contributed by atoms with E-state index in [9.17, 15) is 4.79 Å². The highest BCUT2D eigenvalue weighted by Crippen LogP contribution is 2.32. The Bertz CT molecular complexity index is 648. The lowest BCUT2D eigenvalue weighted by Gasteiger charge is -2.19. The summed E-state index contributed by atoms with van der Waals surface area (Å²) in [4.78, 5) is 14.9. The molecule has 19 heavy (non-hydrogen) atoms. The molecule has 0 aliphatic carbocycles. The number of ether oxygens (including phenoxy) is 2. The van der Waals surface area contributed by atoms with Crippen LogP contribution in [0.15, 0.2) is 24.4 Å². The van der Waals surface area contributed by atoms with Gasteiger partial charge in [0.1, 0.15) is 19.0 Å². The summed E-state index contributed by atoms with van der Waals surface area (Å²) in [6.45, 7) is 2.81. The molecule has 1 aliphatic heterocycles. The molecule has 0 fully saturated rings. The zero-order valence-corrected chi connectivity index (χ0v) is 10.3. The number of carbonyl (C=O) groups is 1. The van der Waals surface area contributed by atoms with E-state index in [4.69, 9.17) is 14.6 Å². The SMILES string of the molecule is Cc1nc(C(=O)O)cn1-c1ccc2c(c1)OCCO2. The van der Waals surface area contributed by atoms with Gasteiger partial charge in [0.2, 0.25) is 0 Å². The molecule has 6 heteroatoms. The van der Waals surface area contributed by atoms with Crippen molar-refractivity contribution in [3.8, 4) is 17.2 Å². The highest BCUT2D eigenvalue weighted by atomic mass is 16.6. The minimum atomic E-state index is -1.04. The summed E-state index contributed by atoms with van der Waals surface area (Å²) in [6.07, 6.45) is 1.49. The molecule has 1 aromatic carbocycles. The minimum Gasteiger partial charge on any atom is -0.486 e. The van der Waals surface area contributed by atoms with Gasteiger partial charge in [0.25, 0.3) is 0 Å². The summed E-state index contributed by atoms with van der Waals surface area (Å²) in [5, 5.41) is 8.94. The summed E-state index contributed by atoms with van der Waals surface area (Å²) in [7, 11) is 0. The topological polar surface area (TPSA) is 73.6 Å². The number of hydrogen-bond acceptors (Lipinski definition) is 4. The molecular formula is C13H12N2O4. The summed E-state index contributed by atoms with van der Waals surface area (Å²) in [5.74, 6) is 0.924. The van der Waals surface area contributed by atoms with E-state index in [1.54, 1.807) is 11.5 Å². The fourth-order valence-corrected chi connectivity index (χ4v) is 2.02. The number of aromatic nitrogens is 2. The average Bonchev–Trinajstić information content (AvgIpc) is 2.80. The van der Waals surface area contributed by atoms with Gasteiger partial charge in [-0.1, -0.05) is 0 Å². The van der Waals surface area contributed by atoms with Gasteiger partial charge in [-0.3, -0.25) is 0 Å². The van der Waals surface area contributed by atoms with Crippen molar-refractivity contribution in [1.29, 1.82) is 0 Å². The van der Waals surface area contributed by atoms with Gasteiger partial charge in [0.05, 0.1) is 5.69 Å². The Balaban J connectivity index is 2.04. The number of imidazole rings is 1. The Morgan fingerprint density at radius 2 is 2.05 bits per heavy atom. The number of benzene rings is 1. The zero-order chi connectivity index (χ0) is 13.4. The van der Waals surface area contributed by atoms with Crippen LogP contribution in [0.5, 0.6) is 11.5 Å². The van der Waals surface area contributed by atoms with E-state index < -0.39 is 5.97 Å². The van der Waals surface area contributed by atoms with Crippen molar-refractivity contribution in [2.45, 2.75) is 6.92 Å². The van der Waals surface area contributed by atoms with E-state index >= 15 is 0 Å². The summed E-state index contributed by atoms with van der Waals surface area (Å²) >= 11 is 0. The lowest BCUT2D eigenvalue weighted by atomic mass is 10.2. The second-order valence-electron chi connectivity index (χ2n) is 4.18. The molecule has 0 bridgehead atoms. The molecule has 0 radical (unpaired) electrons. The fourth-order valence-electron chi connectivity index (χ4n) is 2.02. The minimum absolute atomic E-state index is 0.0207. The number of hydrogen-bond donors (Lipinski definition) is 1. The van der Waals surface area contributed by atoms with Crippen LogP contribution >= 0.6 is 0 Å². The Labute approximate surface area is 109 Å². The second-order valence-corrected chi connectivity index (χ2v) is 4.18. The van der Waals surface area contributed by atoms with Crippen molar-refractivity contribution < 1.29 is 19.4 Å². The third-order valence-electron chi connectivity index (χ3n) is 2.91. The van der Waals surface area contributed by atoms with Crippen LogP contribution in [0.25, 0.3) is 5.69 Å². The van der Waals surface area contributed by atoms with Gasteiger partial charge in [-0.2, -0.15) is 0 Å². The highest BCUT2D eigenvalue weighted by molar-refractivity contribution is 5.85. The van der Waals surface area contributed by atoms with Crippen LogP contribution in [0.4, 0.5) is 0 Å². The Hall–Kier alpha value is -2.50. The maximum Gasteiger partial charge on any atom is 0.356 e. The van der Waals surface area contributed by atoms with E-state index in [2.05, 4.69) is 4.98 Å². The Morgan fingerprint density at radius 3 is 2.74 bits per heavy atom. The number of carboxylic acids is 1. The molecule has 0 amide bonds. The van der Waals surface area contributed by atoms with Crippen molar-refractivity contribution >= 4 is 5.97 Å². The van der Waals surface area contributed by atoms with Gasteiger partial charge in [-0.05, 0) is 19.1 Å². The number of fused-ring (bicyclic) bond motifs is 1. The molecule has 1 N–H and O–H groups in total. The number of aromatic carboxylic acids is 1. The summed E-state index contributed by atoms with van der Waals surface area (Å²) in [5.41, 5.74) is 0.814. The zero-order valence-electron chi connectivity index (χ0n) is 10.3. The van der Waals surface area contributed by atoms with Gasteiger partial charge in [-0.15, -0.1) is 0 Å². The van der Waals surface area contributed by atoms with Crippen molar-refractivity contribution in [2.75, 3.05) is 13.2 Å². The number of aryl methyl sites for hydroxylation is 1. The van der Waals surface area contributed by atoms with Crippen LogP contribution in [0, 0.1) is 6.92 Å². The molecule has 2 heterocycles. The molecule has 1 aliphatic rings. The number of nitrogens with zero attached hydrogens (tertiary/aromatic N) is 2. The third-order valence-corrected chi connectivity index (χ3v) is 2.91. The summed E-state index contributed by atoms with van der Waals surface area (Å²) < 4.78 is 12.7. The standard InChI is InChI=1S/C13H12N2O4/c1-8-14-10(13(16)17)7-15(8)9-2-3-11-12(6-9)19-5-4-18-11/h2-3,6-7H,4-5H2,1H3,(H,16,17). The maximum atomic E-state index is 10.9. The highest BCUT2D eigenvalue weighted by Gasteiger charge is 2.15. The first-order valence-electron chi connectivity index (χ1n) is 5.84. The average molecular weight is 260 g/mol. The monoisotopic (exact) mass is 260 g/mol. The predicted molar refractivity (Wildman–Crippen MR) is 66.3 cm³/mol. The van der Waals surface area contributed by atoms with Crippen molar-refractivity contribution in [1.82, 2.24) is 9.55 Å². The van der Waals surface area contributed by atoms with Gasteiger partial charge < -0.3 is 19.1 Å². The first kappa shape index (κ1) is 11.6. The molecule has 2 aromatic rings. The van der Waals surface area contributed by atoms with E-state index in [-0.39, 0.29) is 5.69 Å². The van der Waals surface area contributed by atoms with Gasteiger partial charge >= 0.3 is 5.97 Å². The van der Waals surface area contributed by atoms with E-state index in [0.717, 1.165) is 5.69 Å². The van der Waals surface area contributed by atoms with Crippen molar-refractivity contribution in [2.24, 2.45) is 0 Å². The van der Waals surface area contributed by atoms with Crippen LogP contribution < -0.4 is 9.47 Å². The number of carboxylic acid groups (broad SMARTS) is 1. The van der Waals surface area contributed by atoms with Gasteiger partial charge in [0, 0.05) is 12.3 Å². The maximum absolute atomic E-state index is 10.9. The quantitative estimate of drug-likeness (QED) is 0.888. The molecular weight excluding hydrogens is 248 g/mol. The van der Waals surface area contributed by atoms with Gasteiger partial charge in [0.15, 0.2) is 17.2 Å². The Kier molecular flexibility index (Phi) is 2.63. The van der Waals surface area contributed by atoms with Crippen molar-refractivity contribution in [3.63, 3.8) is 0 Å². The van der Waals surface area contributed by atoms with Crippen LogP contribution in [0.2, 0.25) is 0 Å². The Morgan fingerprint density at radius 1 is 1.32 bits per heavy atom. The molecule has 0 spiro atoms. The first-order chi connectivity index (χ1) is 9.15. The first-order valence-corrected chi connectivity index (χ1v) is 5.84. The van der Waals surface area contributed by atoms with Crippen LogP contribution in [0.3, 0.4) is 0 Å². The fraction of sp³-hybridized carbons (Fsp3) is 0.231. The third kappa shape index (κ3) is 2.01. The van der Waals surface area contributed by atoms with E-state index in [1.165, 1.54) is 6.20 Å². The van der Waals surface area contributed by atoms with Crippen LogP contribution in [-0.4, -0.2) is 33.8 Å². The van der Waals surface area contributed by atoms with Crippen LogP contribution in [-0.2, 0) is 0 Å². The molecule has 0 atom stereocenters. The molecule has 3 rings (SSSR count). The molecule has 1 aromatic heterocycles. The summed E-state index contributed by atoms with van der Waals surface area (Å²) in [6, 6.07) is 5.46.